The first kappa shape index (κ1) is 16.7. The summed E-state index contributed by atoms with van der Waals surface area (Å²) in [4.78, 5) is 48.3. The summed E-state index contributed by atoms with van der Waals surface area (Å²) in [6, 6.07) is 0. The lowest BCUT2D eigenvalue weighted by Crippen LogP contribution is -2.40. The molecule has 0 unspecified atom stereocenters. The SMILES string of the molecule is O=C1c2c(F)c(F)c3c4c(c(F)c(F)c(c24)C(=O)N1Cl)C(=O)N(Cl)C3=O. The number of imide groups is 2. The van der Waals surface area contributed by atoms with Crippen LogP contribution in [0.5, 0.6) is 0 Å². The van der Waals surface area contributed by atoms with Crippen molar-refractivity contribution in [3.63, 3.8) is 0 Å². The molecule has 0 aromatic heterocycles. The summed E-state index contributed by atoms with van der Waals surface area (Å²) in [6.45, 7) is 0. The van der Waals surface area contributed by atoms with Crippen molar-refractivity contribution in [2.24, 2.45) is 0 Å². The van der Waals surface area contributed by atoms with Crippen molar-refractivity contribution >= 4 is 58.0 Å². The fourth-order valence-corrected chi connectivity index (χ4v) is 3.35. The van der Waals surface area contributed by atoms with Gasteiger partial charge in [-0.05, 0) is 0 Å². The molecule has 4 rings (SSSR count). The molecule has 0 saturated carbocycles. The van der Waals surface area contributed by atoms with Crippen LogP contribution in [0.3, 0.4) is 0 Å². The minimum absolute atomic E-state index is 0.259. The maximum Gasteiger partial charge on any atom is 0.279 e. The smallest absolute Gasteiger partial charge is 0.267 e. The normalized spacial score (nSPS) is 16.2. The Labute approximate surface area is 149 Å². The lowest BCUT2D eigenvalue weighted by molar-refractivity contribution is 0.0694. The summed E-state index contributed by atoms with van der Waals surface area (Å²) in [5.74, 6) is -14.0. The van der Waals surface area contributed by atoms with E-state index in [0.717, 1.165) is 0 Å². The van der Waals surface area contributed by atoms with Crippen molar-refractivity contribution in [3.8, 4) is 0 Å². The Hall–Kier alpha value is -2.72. The van der Waals surface area contributed by atoms with Crippen LogP contribution in [-0.4, -0.2) is 32.5 Å². The molecule has 0 spiro atoms. The van der Waals surface area contributed by atoms with Crippen LogP contribution in [0.4, 0.5) is 17.6 Å². The number of benzene rings is 2. The zero-order valence-corrected chi connectivity index (χ0v) is 13.3. The number of amides is 4. The molecule has 0 radical (unpaired) electrons. The van der Waals surface area contributed by atoms with Crippen molar-refractivity contribution in [1.82, 2.24) is 8.84 Å². The average molecular weight is 407 g/mol. The molecule has 0 saturated heterocycles. The molecule has 26 heavy (non-hydrogen) atoms. The van der Waals surface area contributed by atoms with E-state index in [1.54, 1.807) is 0 Å². The van der Waals surface area contributed by atoms with Gasteiger partial charge in [0.2, 0.25) is 0 Å². The molecule has 12 heteroatoms. The fraction of sp³-hybridized carbons (Fsp3) is 0. The molecular formula is C14Cl2F4N2O4. The van der Waals surface area contributed by atoms with Crippen LogP contribution in [0.2, 0.25) is 0 Å². The first-order valence-electron chi connectivity index (χ1n) is 6.55. The molecule has 2 aliphatic heterocycles. The third kappa shape index (κ3) is 1.63. The zero-order chi connectivity index (χ0) is 19.2. The Morgan fingerprint density at radius 2 is 0.692 bits per heavy atom. The molecule has 0 fully saturated rings. The standard InChI is InChI=1S/C14Cl2F4N2O4/c15-21-11(23)3-1-2-5(9(19)7(3)17)13(25)22(16)14(26)6(2)10(20)8(18)4(1)12(21)24. The first-order chi connectivity index (χ1) is 12.1. The van der Waals surface area contributed by atoms with E-state index in [0.29, 0.717) is 0 Å². The van der Waals surface area contributed by atoms with Crippen molar-refractivity contribution in [1.29, 1.82) is 0 Å². The summed E-state index contributed by atoms with van der Waals surface area (Å²) < 4.78 is 57.2. The predicted molar refractivity (Wildman–Crippen MR) is 76.5 cm³/mol. The summed E-state index contributed by atoms with van der Waals surface area (Å²) in [6.07, 6.45) is 0. The van der Waals surface area contributed by atoms with E-state index >= 15 is 0 Å². The van der Waals surface area contributed by atoms with Crippen LogP contribution >= 0.6 is 23.6 Å². The molecule has 2 aromatic rings. The van der Waals surface area contributed by atoms with E-state index in [1.807, 2.05) is 0 Å². The molecule has 2 aliphatic rings. The maximum absolute atomic E-state index is 14.4. The Morgan fingerprint density at radius 1 is 0.500 bits per heavy atom. The van der Waals surface area contributed by atoms with Crippen molar-refractivity contribution in [2.75, 3.05) is 0 Å². The Balaban J connectivity index is 2.42. The van der Waals surface area contributed by atoms with Gasteiger partial charge in [0, 0.05) is 34.3 Å². The third-order valence-electron chi connectivity index (χ3n) is 4.08. The lowest BCUT2D eigenvalue weighted by atomic mass is 9.85. The van der Waals surface area contributed by atoms with E-state index in [-0.39, 0.29) is 8.84 Å². The number of hydrogen-bond acceptors (Lipinski definition) is 4. The molecule has 2 aromatic carbocycles. The average Bonchev–Trinajstić information content (AvgIpc) is 2.60. The van der Waals surface area contributed by atoms with E-state index in [2.05, 4.69) is 0 Å². The molecular weight excluding hydrogens is 407 g/mol. The van der Waals surface area contributed by atoms with Gasteiger partial charge in [-0.3, -0.25) is 19.2 Å². The maximum atomic E-state index is 14.4. The summed E-state index contributed by atoms with van der Waals surface area (Å²) in [5, 5.41) is -1.85. The minimum Gasteiger partial charge on any atom is -0.267 e. The van der Waals surface area contributed by atoms with Crippen LogP contribution < -0.4 is 0 Å². The van der Waals surface area contributed by atoms with Crippen LogP contribution in [0.15, 0.2) is 0 Å². The fourth-order valence-electron chi connectivity index (χ4n) is 3.01. The largest absolute Gasteiger partial charge is 0.279 e. The molecule has 2 heterocycles. The number of nitrogens with zero attached hydrogens (tertiary/aromatic N) is 2. The summed E-state index contributed by atoms with van der Waals surface area (Å²) in [5.41, 5.74) is -4.85. The van der Waals surface area contributed by atoms with E-state index < -0.39 is 79.9 Å². The highest BCUT2D eigenvalue weighted by molar-refractivity contribution is 6.44. The van der Waals surface area contributed by atoms with Crippen molar-refractivity contribution in [2.45, 2.75) is 0 Å². The van der Waals surface area contributed by atoms with Crippen molar-refractivity contribution < 1.29 is 36.7 Å². The number of halogens is 6. The van der Waals surface area contributed by atoms with Crippen LogP contribution in [-0.2, 0) is 0 Å². The van der Waals surface area contributed by atoms with Crippen LogP contribution in [0, 0.1) is 23.3 Å². The highest BCUT2D eigenvalue weighted by Crippen LogP contribution is 2.43. The van der Waals surface area contributed by atoms with E-state index in [9.17, 15) is 36.7 Å². The van der Waals surface area contributed by atoms with Gasteiger partial charge in [0.05, 0.1) is 22.3 Å². The zero-order valence-electron chi connectivity index (χ0n) is 11.8. The van der Waals surface area contributed by atoms with Gasteiger partial charge in [0.1, 0.15) is 0 Å². The van der Waals surface area contributed by atoms with Gasteiger partial charge < -0.3 is 0 Å². The number of rotatable bonds is 0. The molecule has 0 N–H and O–H groups in total. The monoisotopic (exact) mass is 406 g/mol. The summed E-state index contributed by atoms with van der Waals surface area (Å²) in [7, 11) is 0. The predicted octanol–water partition coefficient (Wildman–Crippen LogP) is 2.90. The molecule has 0 bridgehead atoms. The van der Waals surface area contributed by atoms with E-state index in [4.69, 9.17) is 23.6 Å². The van der Waals surface area contributed by atoms with Crippen LogP contribution in [0.25, 0.3) is 10.8 Å². The second kappa shape index (κ2) is 4.92. The summed E-state index contributed by atoms with van der Waals surface area (Å²) >= 11 is 10.8. The molecule has 4 amide bonds. The number of carbonyl (C=O) groups is 4. The van der Waals surface area contributed by atoms with Crippen LogP contribution in [0.1, 0.15) is 41.4 Å². The highest BCUT2D eigenvalue weighted by Gasteiger charge is 2.47. The number of hydrogen-bond donors (Lipinski definition) is 0. The second-order valence-electron chi connectivity index (χ2n) is 5.29. The van der Waals surface area contributed by atoms with Gasteiger partial charge in [-0.2, -0.15) is 8.84 Å². The molecule has 0 aliphatic carbocycles. The van der Waals surface area contributed by atoms with Gasteiger partial charge in [-0.1, -0.05) is 0 Å². The highest BCUT2D eigenvalue weighted by atomic mass is 35.5. The van der Waals surface area contributed by atoms with Crippen molar-refractivity contribution in [3.05, 3.63) is 45.5 Å². The molecule has 0 atom stereocenters. The quantitative estimate of drug-likeness (QED) is 0.383. The Kier molecular flexibility index (Phi) is 3.17. The van der Waals surface area contributed by atoms with Gasteiger partial charge in [0.15, 0.2) is 23.3 Å². The Morgan fingerprint density at radius 3 is 0.885 bits per heavy atom. The molecule has 6 nitrogen and oxygen atoms in total. The lowest BCUT2D eigenvalue weighted by Gasteiger charge is -2.28. The first-order valence-corrected chi connectivity index (χ1v) is 7.23. The Bertz CT molecular complexity index is 979. The number of carbonyl (C=O) groups excluding carboxylic acids is 4. The van der Waals surface area contributed by atoms with Gasteiger partial charge in [-0.15, -0.1) is 0 Å². The second-order valence-corrected chi connectivity index (χ2v) is 5.96. The minimum atomic E-state index is -1.93. The van der Waals surface area contributed by atoms with Gasteiger partial charge >= 0.3 is 0 Å². The molecule has 132 valence electrons. The van der Waals surface area contributed by atoms with Gasteiger partial charge in [-0.25, -0.2) is 17.6 Å². The topological polar surface area (TPSA) is 74.8 Å². The van der Waals surface area contributed by atoms with E-state index in [1.165, 1.54) is 0 Å². The van der Waals surface area contributed by atoms with Gasteiger partial charge in [0.25, 0.3) is 23.6 Å². The third-order valence-corrected chi connectivity index (χ3v) is 4.70.